The SMILES string of the molecule is CCC(CC)(CNC1CCN(c2ccccn2)CC1)C(=O)O. The number of carbonyl (C=O) groups is 1. The maximum absolute atomic E-state index is 11.5. The van der Waals surface area contributed by atoms with Gasteiger partial charge in [-0.3, -0.25) is 4.79 Å². The van der Waals surface area contributed by atoms with Gasteiger partial charge in [0.25, 0.3) is 0 Å². The summed E-state index contributed by atoms with van der Waals surface area (Å²) in [6.07, 6.45) is 5.21. The first-order valence-electron chi connectivity index (χ1n) is 8.24. The molecule has 0 unspecified atom stereocenters. The number of piperidine rings is 1. The minimum absolute atomic E-state index is 0.400. The number of nitrogens with one attached hydrogen (secondary N) is 1. The quantitative estimate of drug-likeness (QED) is 0.810. The van der Waals surface area contributed by atoms with E-state index in [1.807, 2.05) is 38.2 Å². The fourth-order valence-electron chi connectivity index (χ4n) is 3.07. The van der Waals surface area contributed by atoms with Crippen molar-refractivity contribution >= 4 is 11.8 Å². The molecule has 0 saturated carbocycles. The second-order valence-corrected chi connectivity index (χ2v) is 6.12. The summed E-state index contributed by atoms with van der Waals surface area (Å²) in [7, 11) is 0. The molecule has 0 spiro atoms. The van der Waals surface area contributed by atoms with E-state index in [4.69, 9.17) is 0 Å². The van der Waals surface area contributed by atoms with Crippen LogP contribution in [0.15, 0.2) is 24.4 Å². The Morgan fingerprint density at radius 1 is 1.36 bits per heavy atom. The summed E-state index contributed by atoms with van der Waals surface area (Å²) in [5.41, 5.74) is -0.627. The van der Waals surface area contributed by atoms with Crippen molar-refractivity contribution in [3.05, 3.63) is 24.4 Å². The first kappa shape index (κ1) is 16.7. The monoisotopic (exact) mass is 305 g/mol. The van der Waals surface area contributed by atoms with Gasteiger partial charge in [0, 0.05) is 31.9 Å². The first-order chi connectivity index (χ1) is 10.6. The number of carboxylic acid groups (broad SMARTS) is 1. The van der Waals surface area contributed by atoms with Gasteiger partial charge in [-0.1, -0.05) is 19.9 Å². The van der Waals surface area contributed by atoms with Crippen LogP contribution < -0.4 is 10.2 Å². The molecule has 5 heteroatoms. The van der Waals surface area contributed by atoms with Gasteiger partial charge in [-0.25, -0.2) is 4.98 Å². The van der Waals surface area contributed by atoms with Crippen LogP contribution >= 0.6 is 0 Å². The molecule has 0 amide bonds. The Labute approximate surface area is 132 Å². The molecule has 2 N–H and O–H groups in total. The highest BCUT2D eigenvalue weighted by molar-refractivity contribution is 5.74. The predicted octanol–water partition coefficient (Wildman–Crippen LogP) is 2.53. The lowest BCUT2D eigenvalue weighted by Crippen LogP contribution is -2.48. The molecule has 2 rings (SSSR count). The van der Waals surface area contributed by atoms with Crippen molar-refractivity contribution < 1.29 is 9.90 Å². The second-order valence-electron chi connectivity index (χ2n) is 6.12. The normalized spacial score (nSPS) is 16.7. The lowest BCUT2D eigenvalue weighted by Gasteiger charge is -2.35. The summed E-state index contributed by atoms with van der Waals surface area (Å²) in [5.74, 6) is 0.346. The Morgan fingerprint density at radius 2 is 2.05 bits per heavy atom. The maximum Gasteiger partial charge on any atom is 0.310 e. The smallest absolute Gasteiger partial charge is 0.310 e. The summed E-state index contributed by atoms with van der Waals surface area (Å²) in [6.45, 7) is 6.41. The van der Waals surface area contributed by atoms with Gasteiger partial charge in [0.1, 0.15) is 5.82 Å². The van der Waals surface area contributed by atoms with Crippen molar-refractivity contribution in [2.75, 3.05) is 24.5 Å². The number of rotatable bonds is 7. The van der Waals surface area contributed by atoms with E-state index in [-0.39, 0.29) is 0 Å². The number of aromatic nitrogens is 1. The van der Waals surface area contributed by atoms with Crippen LogP contribution in [0.4, 0.5) is 5.82 Å². The minimum atomic E-state index is -0.684. The molecule has 122 valence electrons. The van der Waals surface area contributed by atoms with Gasteiger partial charge in [0.05, 0.1) is 5.41 Å². The first-order valence-corrected chi connectivity index (χ1v) is 8.24. The molecule has 0 aliphatic carbocycles. The van der Waals surface area contributed by atoms with Crippen molar-refractivity contribution in [1.82, 2.24) is 10.3 Å². The van der Waals surface area contributed by atoms with Crippen LogP contribution in [0.25, 0.3) is 0 Å². The molecule has 2 heterocycles. The lowest BCUT2D eigenvalue weighted by atomic mass is 9.82. The maximum atomic E-state index is 11.5. The number of anilines is 1. The van der Waals surface area contributed by atoms with Gasteiger partial charge < -0.3 is 15.3 Å². The van der Waals surface area contributed by atoms with Crippen molar-refractivity contribution in [2.45, 2.75) is 45.6 Å². The number of carboxylic acids is 1. The fourth-order valence-corrected chi connectivity index (χ4v) is 3.07. The van der Waals surface area contributed by atoms with Crippen molar-refractivity contribution in [3.8, 4) is 0 Å². The zero-order chi connectivity index (χ0) is 16.0. The molecule has 1 aromatic heterocycles. The molecule has 0 radical (unpaired) electrons. The largest absolute Gasteiger partial charge is 0.481 e. The molecule has 1 saturated heterocycles. The van der Waals surface area contributed by atoms with Crippen LogP contribution in [-0.4, -0.2) is 41.7 Å². The molecule has 0 bridgehead atoms. The highest BCUT2D eigenvalue weighted by Gasteiger charge is 2.35. The van der Waals surface area contributed by atoms with E-state index in [2.05, 4.69) is 15.2 Å². The number of pyridine rings is 1. The highest BCUT2D eigenvalue weighted by Crippen LogP contribution is 2.26. The Hall–Kier alpha value is -1.62. The molecule has 0 aromatic carbocycles. The zero-order valence-corrected chi connectivity index (χ0v) is 13.6. The van der Waals surface area contributed by atoms with E-state index in [1.165, 1.54) is 0 Å². The molecular weight excluding hydrogens is 278 g/mol. The Morgan fingerprint density at radius 3 is 2.55 bits per heavy atom. The van der Waals surface area contributed by atoms with Crippen LogP contribution in [0, 0.1) is 5.41 Å². The lowest BCUT2D eigenvalue weighted by molar-refractivity contribution is -0.149. The number of hydrogen-bond donors (Lipinski definition) is 2. The zero-order valence-electron chi connectivity index (χ0n) is 13.6. The average Bonchev–Trinajstić information content (AvgIpc) is 2.57. The van der Waals surface area contributed by atoms with E-state index in [9.17, 15) is 9.90 Å². The molecule has 22 heavy (non-hydrogen) atoms. The van der Waals surface area contributed by atoms with Crippen LogP contribution in [-0.2, 0) is 4.79 Å². The van der Waals surface area contributed by atoms with Gasteiger partial charge in [-0.05, 0) is 37.8 Å². The molecule has 1 aliphatic heterocycles. The van der Waals surface area contributed by atoms with Crippen LogP contribution in [0.3, 0.4) is 0 Å². The topological polar surface area (TPSA) is 65.5 Å². The fraction of sp³-hybridized carbons (Fsp3) is 0.647. The van der Waals surface area contributed by atoms with E-state index in [0.29, 0.717) is 25.4 Å². The number of hydrogen-bond acceptors (Lipinski definition) is 4. The van der Waals surface area contributed by atoms with Gasteiger partial charge in [-0.2, -0.15) is 0 Å². The van der Waals surface area contributed by atoms with Gasteiger partial charge in [0.15, 0.2) is 0 Å². The summed E-state index contributed by atoms with van der Waals surface area (Å²) < 4.78 is 0. The molecule has 1 fully saturated rings. The van der Waals surface area contributed by atoms with E-state index < -0.39 is 11.4 Å². The Bertz CT molecular complexity index is 466. The summed E-state index contributed by atoms with van der Waals surface area (Å²) in [4.78, 5) is 18.2. The molecular formula is C17H27N3O2. The average molecular weight is 305 g/mol. The third-order valence-corrected chi connectivity index (χ3v) is 5.00. The van der Waals surface area contributed by atoms with Crippen molar-refractivity contribution in [2.24, 2.45) is 5.41 Å². The summed E-state index contributed by atoms with van der Waals surface area (Å²) in [6, 6.07) is 6.38. The summed E-state index contributed by atoms with van der Waals surface area (Å²) in [5, 5.41) is 13.0. The van der Waals surface area contributed by atoms with Gasteiger partial charge in [-0.15, -0.1) is 0 Å². The summed E-state index contributed by atoms with van der Waals surface area (Å²) >= 11 is 0. The van der Waals surface area contributed by atoms with Crippen LogP contribution in [0.1, 0.15) is 39.5 Å². The number of aliphatic carboxylic acids is 1. The second kappa shape index (κ2) is 7.58. The molecule has 5 nitrogen and oxygen atoms in total. The van der Waals surface area contributed by atoms with Gasteiger partial charge >= 0.3 is 5.97 Å². The minimum Gasteiger partial charge on any atom is -0.481 e. The highest BCUT2D eigenvalue weighted by atomic mass is 16.4. The van der Waals surface area contributed by atoms with E-state index >= 15 is 0 Å². The van der Waals surface area contributed by atoms with Crippen molar-refractivity contribution in [1.29, 1.82) is 0 Å². The van der Waals surface area contributed by atoms with E-state index in [0.717, 1.165) is 31.7 Å². The molecule has 1 aromatic rings. The van der Waals surface area contributed by atoms with Crippen LogP contribution in [0.2, 0.25) is 0 Å². The van der Waals surface area contributed by atoms with Crippen LogP contribution in [0.5, 0.6) is 0 Å². The molecule has 1 aliphatic rings. The Kier molecular flexibility index (Phi) is 5.77. The third-order valence-electron chi connectivity index (χ3n) is 5.00. The number of nitrogens with zero attached hydrogens (tertiary/aromatic N) is 2. The van der Waals surface area contributed by atoms with E-state index in [1.54, 1.807) is 0 Å². The standard InChI is InChI=1S/C17H27N3O2/c1-3-17(4-2,16(21)22)13-19-14-8-11-20(12-9-14)15-7-5-6-10-18-15/h5-7,10,14,19H,3-4,8-9,11-13H2,1-2H3,(H,21,22). The predicted molar refractivity (Wildman–Crippen MR) is 88.1 cm³/mol. The third kappa shape index (κ3) is 3.77. The van der Waals surface area contributed by atoms with Crippen molar-refractivity contribution in [3.63, 3.8) is 0 Å². The van der Waals surface area contributed by atoms with Gasteiger partial charge in [0.2, 0.25) is 0 Å². The Balaban J connectivity index is 1.84. The molecule has 0 atom stereocenters.